The average Bonchev–Trinajstić information content (AvgIpc) is 2.63. The van der Waals surface area contributed by atoms with Crippen molar-refractivity contribution in [2.24, 2.45) is 0 Å². The summed E-state index contributed by atoms with van der Waals surface area (Å²) in [6.45, 7) is 4.77. The molecule has 0 saturated heterocycles. The minimum absolute atomic E-state index is 0.470. The number of nitrogens with zero attached hydrogens (tertiary/aromatic N) is 4. The summed E-state index contributed by atoms with van der Waals surface area (Å²) in [5, 5.41) is 14.5. The predicted octanol–water partition coefficient (Wildman–Crippen LogP) is 3.49. The van der Waals surface area contributed by atoms with Gasteiger partial charge in [-0.1, -0.05) is 31.2 Å². The Morgan fingerprint density at radius 3 is 2.79 bits per heavy atom. The molecule has 0 saturated carbocycles. The van der Waals surface area contributed by atoms with Gasteiger partial charge in [0.15, 0.2) is 5.82 Å². The molecule has 24 heavy (non-hydrogen) atoms. The number of nitrogens with one attached hydrogen (secondary N) is 2. The van der Waals surface area contributed by atoms with Crippen LogP contribution in [0.15, 0.2) is 48.8 Å². The first kappa shape index (κ1) is 15.9. The largest absolute Gasteiger partial charge is 0.347 e. The summed E-state index contributed by atoms with van der Waals surface area (Å²) in [6.07, 6.45) is 4.34. The number of rotatable bonds is 6. The van der Waals surface area contributed by atoms with E-state index < -0.39 is 0 Å². The van der Waals surface area contributed by atoms with Crippen molar-refractivity contribution < 1.29 is 0 Å². The molecule has 6 nitrogen and oxygen atoms in total. The SMILES string of the molecule is CCc1cccc(C)c1Nc1cnnc(NCc2ccccn2)n1. The zero-order chi connectivity index (χ0) is 16.8. The number of para-hydroxylation sites is 1. The van der Waals surface area contributed by atoms with Gasteiger partial charge in [0, 0.05) is 11.9 Å². The number of benzene rings is 1. The number of pyridine rings is 1. The Morgan fingerprint density at radius 2 is 2.00 bits per heavy atom. The first-order valence-electron chi connectivity index (χ1n) is 7.95. The molecule has 0 aliphatic carbocycles. The van der Waals surface area contributed by atoms with E-state index in [0.717, 1.165) is 17.8 Å². The summed E-state index contributed by atoms with van der Waals surface area (Å²) in [4.78, 5) is 8.74. The topological polar surface area (TPSA) is 75.6 Å². The van der Waals surface area contributed by atoms with Crippen molar-refractivity contribution in [2.75, 3.05) is 10.6 Å². The maximum absolute atomic E-state index is 4.48. The van der Waals surface area contributed by atoms with E-state index in [4.69, 9.17) is 0 Å². The van der Waals surface area contributed by atoms with Gasteiger partial charge >= 0.3 is 0 Å². The van der Waals surface area contributed by atoms with Gasteiger partial charge in [0.25, 0.3) is 0 Å². The molecule has 2 heterocycles. The number of aryl methyl sites for hydroxylation is 2. The molecule has 0 fully saturated rings. The van der Waals surface area contributed by atoms with E-state index in [2.05, 4.69) is 62.8 Å². The monoisotopic (exact) mass is 320 g/mol. The molecule has 3 aromatic rings. The molecule has 0 aliphatic rings. The van der Waals surface area contributed by atoms with Gasteiger partial charge in [-0.25, -0.2) is 0 Å². The molecule has 0 spiro atoms. The van der Waals surface area contributed by atoms with Crippen LogP contribution in [0.2, 0.25) is 0 Å². The van der Waals surface area contributed by atoms with Crippen LogP contribution in [-0.4, -0.2) is 20.2 Å². The first-order chi connectivity index (χ1) is 11.8. The molecule has 1 aromatic carbocycles. The van der Waals surface area contributed by atoms with Gasteiger partial charge in [0.2, 0.25) is 5.95 Å². The molecule has 2 aromatic heterocycles. The Labute approximate surface area is 141 Å². The third kappa shape index (κ3) is 3.84. The fourth-order valence-electron chi connectivity index (χ4n) is 2.44. The molecule has 0 bridgehead atoms. The van der Waals surface area contributed by atoms with Gasteiger partial charge in [0.1, 0.15) is 0 Å². The molecule has 0 radical (unpaired) electrons. The van der Waals surface area contributed by atoms with Crippen LogP contribution < -0.4 is 10.6 Å². The summed E-state index contributed by atoms with van der Waals surface area (Å²) in [6, 6.07) is 12.0. The van der Waals surface area contributed by atoms with Crippen molar-refractivity contribution in [1.29, 1.82) is 0 Å². The fourth-order valence-corrected chi connectivity index (χ4v) is 2.44. The Kier molecular flexibility index (Phi) is 4.96. The summed E-state index contributed by atoms with van der Waals surface area (Å²) in [7, 11) is 0. The van der Waals surface area contributed by atoms with Crippen molar-refractivity contribution in [2.45, 2.75) is 26.8 Å². The fraction of sp³-hybridized carbons (Fsp3) is 0.222. The molecular weight excluding hydrogens is 300 g/mol. The van der Waals surface area contributed by atoms with Gasteiger partial charge in [-0.15, -0.1) is 5.10 Å². The lowest BCUT2D eigenvalue weighted by Gasteiger charge is -2.13. The molecule has 0 atom stereocenters. The van der Waals surface area contributed by atoms with Crippen molar-refractivity contribution in [1.82, 2.24) is 20.2 Å². The molecule has 3 rings (SSSR count). The smallest absolute Gasteiger partial charge is 0.245 e. The van der Waals surface area contributed by atoms with E-state index in [1.807, 2.05) is 18.2 Å². The normalized spacial score (nSPS) is 10.4. The zero-order valence-electron chi connectivity index (χ0n) is 13.8. The lowest BCUT2D eigenvalue weighted by molar-refractivity contribution is 0.934. The standard InChI is InChI=1S/C18H20N6/c1-3-14-8-6-7-13(2)17(14)22-16-12-21-24-18(23-16)20-11-15-9-4-5-10-19-15/h4-10,12H,3,11H2,1-2H3,(H2,20,22,23,24). The Morgan fingerprint density at radius 1 is 1.08 bits per heavy atom. The Bertz CT molecular complexity index is 804. The van der Waals surface area contributed by atoms with Gasteiger partial charge in [-0.2, -0.15) is 10.1 Å². The molecule has 2 N–H and O–H groups in total. The minimum atomic E-state index is 0.470. The number of anilines is 3. The maximum Gasteiger partial charge on any atom is 0.245 e. The van der Waals surface area contributed by atoms with Crippen molar-refractivity contribution >= 4 is 17.5 Å². The predicted molar refractivity (Wildman–Crippen MR) is 95.2 cm³/mol. The van der Waals surface area contributed by atoms with Crippen molar-refractivity contribution in [3.8, 4) is 0 Å². The van der Waals surface area contributed by atoms with E-state index >= 15 is 0 Å². The third-order valence-electron chi connectivity index (χ3n) is 3.71. The van der Waals surface area contributed by atoms with E-state index in [-0.39, 0.29) is 0 Å². The second kappa shape index (κ2) is 7.50. The number of hydrogen-bond acceptors (Lipinski definition) is 6. The lowest BCUT2D eigenvalue weighted by atomic mass is 10.1. The summed E-state index contributed by atoms with van der Waals surface area (Å²) < 4.78 is 0. The zero-order valence-corrected chi connectivity index (χ0v) is 13.8. The average molecular weight is 320 g/mol. The van der Waals surface area contributed by atoms with Crippen LogP contribution in [0.5, 0.6) is 0 Å². The van der Waals surface area contributed by atoms with Crippen LogP contribution in [0.25, 0.3) is 0 Å². The molecule has 0 unspecified atom stereocenters. The second-order valence-corrected chi connectivity index (χ2v) is 5.43. The van der Waals surface area contributed by atoms with Crippen LogP contribution in [-0.2, 0) is 13.0 Å². The maximum atomic E-state index is 4.48. The molecule has 6 heteroatoms. The van der Waals surface area contributed by atoms with Crippen LogP contribution in [0.3, 0.4) is 0 Å². The van der Waals surface area contributed by atoms with Gasteiger partial charge in [-0.3, -0.25) is 4.98 Å². The van der Waals surface area contributed by atoms with E-state index in [9.17, 15) is 0 Å². The van der Waals surface area contributed by atoms with E-state index in [1.54, 1.807) is 12.4 Å². The van der Waals surface area contributed by atoms with Gasteiger partial charge in [0.05, 0.1) is 18.4 Å². The Hall–Kier alpha value is -3.02. The third-order valence-corrected chi connectivity index (χ3v) is 3.71. The highest BCUT2D eigenvalue weighted by atomic mass is 15.3. The molecule has 0 amide bonds. The highest BCUT2D eigenvalue weighted by molar-refractivity contribution is 5.64. The summed E-state index contributed by atoms with van der Waals surface area (Å²) in [5.74, 6) is 1.13. The minimum Gasteiger partial charge on any atom is -0.347 e. The molecule has 0 aliphatic heterocycles. The number of hydrogen-bond donors (Lipinski definition) is 2. The van der Waals surface area contributed by atoms with Crippen LogP contribution >= 0.6 is 0 Å². The quantitative estimate of drug-likeness (QED) is 0.724. The van der Waals surface area contributed by atoms with Crippen LogP contribution in [0.1, 0.15) is 23.7 Å². The highest BCUT2D eigenvalue weighted by Gasteiger charge is 2.07. The first-order valence-corrected chi connectivity index (χ1v) is 7.95. The van der Waals surface area contributed by atoms with Crippen LogP contribution in [0, 0.1) is 6.92 Å². The molecular formula is C18H20N6. The second-order valence-electron chi connectivity index (χ2n) is 5.43. The van der Waals surface area contributed by atoms with Gasteiger partial charge in [-0.05, 0) is 36.6 Å². The van der Waals surface area contributed by atoms with Crippen molar-refractivity contribution in [3.63, 3.8) is 0 Å². The lowest BCUT2D eigenvalue weighted by Crippen LogP contribution is -2.08. The van der Waals surface area contributed by atoms with E-state index in [0.29, 0.717) is 18.3 Å². The summed E-state index contributed by atoms with van der Waals surface area (Å²) >= 11 is 0. The van der Waals surface area contributed by atoms with Crippen molar-refractivity contribution in [3.05, 3.63) is 65.6 Å². The van der Waals surface area contributed by atoms with Gasteiger partial charge < -0.3 is 10.6 Å². The van der Waals surface area contributed by atoms with Crippen LogP contribution in [0.4, 0.5) is 17.5 Å². The number of aromatic nitrogens is 4. The summed E-state index contributed by atoms with van der Waals surface area (Å²) in [5.41, 5.74) is 4.43. The highest BCUT2D eigenvalue weighted by Crippen LogP contribution is 2.24. The van der Waals surface area contributed by atoms with E-state index in [1.165, 1.54) is 11.1 Å². The molecule has 122 valence electrons. The Balaban J connectivity index is 1.74.